The average molecular weight is 324 g/mol. The summed E-state index contributed by atoms with van der Waals surface area (Å²) in [6, 6.07) is 5.90. The standard InChI is InChI=1S/C12H14BrN5O/c1-8-4-10(2-3-11(8)13)18-7-9(16-17-18)6-15-12(19)5-14/h2-4,7H,5-6,14H2,1H3,(H,15,19). The summed E-state index contributed by atoms with van der Waals surface area (Å²) in [4.78, 5) is 11.0. The van der Waals surface area contributed by atoms with Gasteiger partial charge in [-0.2, -0.15) is 0 Å². The molecule has 0 fully saturated rings. The fourth-order valence-corrected chi connectivity index (χ4v) is 1.78. The number of aryl methyl sites for hydroxylation is 1. The minimum absolute atomic E-state index is 0.0277. The van der Waals surface area contributed by atoms with Gasteiger partial charge in [0.2, 0.25) is 5.91 Å². The van der Waals surface area contributed by atoms with Crippen molar-refractivity contribution in [3.8, 4) is 5.69 Å². The van der Waals surface area contributed by atoms with E-state index in [-0.39, 0.29) is 12.5 Å². The summed E-state index contributed by atoms with van der Waals surface area (Å²) < 4.78 is 2.72. The van der Waals surface area contributed by atoms with E-state index in [1.165, 1.54) is 0 Å². The molecule has 0 aliphatic rings. The molecule has 1 aromatic carbocycles. The molecule has 6 nitrogen and oxygen atoms in total. The third-order valence-electron chi connectivity index (χ3n) is 2.60. The van der Waals surface area contributed by atoms with Gasteiger partial charge in [-0.05, 0) is 30.7 Å². The van der Waals surface area contributed by atoms with E-state index in [2.05, 4.69) is 31.6 Å². The van der Waals surface area contributed by atoms with Crippen LogP contribution in [0.1, 0.15) is 11.3 Å². The average Bonchev–Trinajstić information content (AvgIpc) is 2.88. The third-order valence-corrected chi connectivity index (χ3v) is 3.49. The number of aromatic nitrogens is 3. The number of benzene rings is 1. The summed E-state index contributed by atoms with van der Waals surface area (Å²) in [5.41, 5.74) is 7.93. The Kier molecular flexibility index (Phi) is 4.28. The molecule has 0 aliphatic carbocycles. The molecule has 1 heterocycles. The highest BCUT2D eigenvalue weighted by atomic mass is 79.9. The molecule has 3 N–H and O–H groups in total. The van der Waals surface area contributed by atoms with Crippen molar-refractivity contribution in [2.75, 3.05) is 6.54 Å². The first kappa shape index (κ1) is 13.7. The van der Waals surface area contributed by atoms with Crippen LogP contribution in [0.15, 0.2) is 28.9 Å². The Hall–Kier alpha value is -1.73. The molecule has 19 heavy (non-hydrogen) atoms. The monoisotopic (exact) mass is 323 g/mol. The number of hydrogen-bond acceptors (Lipinski definition) is 4. The van der Waals surface area contributed by atoms with Gasteiger partial charge in [-0.15, -0.1) is 5.10 Å². The zero-order chi connectivity index (χ0) is 13.8. The van der Waals surface area contributed by atoms with Crippen molar-refractivity contribution in [1.29, 1.82) is 0 Å². The van der Waals surface area contributed by atoms with E-state index in [0.717, 1.165) is 15.7 Å². The molecule has 7 heteroatoms. The summed E-state index contributed by atoms with van der Waals surface area (Å²) in [5, 5.41) is 10.7. The van der Waals surface area contributed by atoms with Crippen LogP contribution in [0, 0.1) is 6.92 Å². The second-order valence-electron chi connectivity index (χ2n) is 4.07. The van der Waals surface area contributed by atoms with Crippen LogP contribution >= 0.6 is 15.9 Å². The third kappa shape index (κ3) is 3.39. The van der Waals surface area contributed by atoms with E-state index in [4.69, 9.17) is 5.73 Å². The van der Waals surface area contributed by atoms with Crippen LogP contribution in [-0.4, -0.2) is 27.4 Å². The molecule has 0 saturated heterocycles. The van der Waals surface area contributed by atoms with Gasteiger partial charge in [0.05, 0.1) is 25.0 Å². The van der Waals surface area contributed by atoms with Gasteiger partial charge >= 0.3 is 0 Å². The van der Waals surface area contributed by atoms with Gasteiger partial charge in [-0.1, -0.05) is 21.1 Å². The van der Waals surface area contributed by atoms with E-state index in [1.54, 1.807) is 10.9 Å². The van der Waals surface area contributed by atoms with Crippen LogP contribution in [0.3, 0.4) is 0 Å². The second-order valence-corrected chi connectivity index (χ2v) is 4.92. The lowest BCUT2D eigenvalue weighted by Gasteiger charge is -2.03. The van der Waals surface area contributed by atoms with E-state index in [0.29, 0.717) is 12.2 Å². The minimum atomic E-state index is -0.214. The Balaban J connectivity index is 2.12. The molecule has 0 aliphatic heterocycles. The Labute approximate surface area is 119 Å². The maximum absolute atomic E-state index is 11.0. The van der Waals surface area contributed by atoms with Gasteiger partial charge < -0.3 is 11.1 Å². The largest absolute Gasteiger partial charge is 0.349 e. The number of carbonyl (C=O) groups excluding carboxylic acids is 1. The maximum Gasteiger partial charge on any atom is 0.234 e. The number of carbonyl (C=O) groups is 1. The quantitative estimate of drug-likeness (QED) is 0.875. The number of nitrogens with two attached hydrogens (primary N) is 1. The Morgan fingerprint density at radius 1 is 1.53 bits per heavy atom. The predicted molar refractivity (Wildman–Crippen MR) is 74.7 cm³/mol. The topological polar surface area (TPSA) is 85.8 Å². The van der Waals surface area contributed by atoms with Crippen LogP contribution in [0.4, 0.5) is 0 Å². The van der Waals surface area contributed by atoms with E-state index in [9.17, 15) is 4.79 Å². The molecule has 0 unspecified atom stereocenters. The van der Waals surface area contributed by atoms with Gasteiger partial charge in [-0.25, -0.2) is 4.68 Å². The molecule has 0 atom stereocenters. The lowest BCUT2D eigenvalue weighted by molar-refractivity contribution is -0.119. The molecule has 2 aromatic rings. The number of rotatable bonds is 4. The number of nitrogens with zero attached hydrogens (tertiary/aromatic N) is 3. The van der Waals surface area contributed by atoms with Crippen LogP contribution < -0.4 is 11.1 Å². The normalized spacial score (nSPS) is 10.5. The molecule has 2 rings (SSSR count). The number of amides is 1. The molecular weight excluding hydrogens is 310 g/mol. The minimum Gasteiger partial charge on any atom is -0.349 e. The smallest absolute Gasteiger partial charge is 0.234 e. The molecule has 100 valence electrons. The molecule has 0 bridgehead atoms. The molecule has 0 saturated carbocycles. The van der Waals surface area contributed by atoms with Crippen LogP contribution in [-0.2, 0) is 11.3 Å². The Morgan fingerprint density at radius 3 is 3.00 bits per heavy atom. The second kappa shape index (κ2) is 5.94. The summed E-state index contributed by atoms with van der Waals surface area (Å²) in [6.07, 6.45) is 1.78. The van der Waals surface area contributed by atoms with Crippen molar-refractivity contribution in [2.24, 2.45) is 5.73 Å². The molecule has 0 spiro atoms. The molecular formula is C12H14BrN5O. The Morgan fingerprint density at radius 2 is 2.32 bits per heavy atom. The maximum atomic E-state index is 11.0. The lowest BCUT2D eigenvalue weighted by Crippen LogP contribution is -2.29. The first-order chi connectivity index (χ1) is 9.10. The highest BCUT2D eigenvalue weighted by Gasteiger charge is 2.05. The summed E-state index contributed by atoms with van der Waals surface area (Å²) in [5.74, 6) is -0.214. The number of halogens is 1. The lowest BCUT2D eigenvalue weighted by atomic mass is 10.2. The van der Waals surface area contributed by atoms with Gasteiger partial charge in [0.15, 0.2) is 0 Å². The summed E-state index contributed by atoms with van der Waals surface area (Å²) >= 11 is 3.45. The molecule has 0 radical (unpaired) electrons. The zero-order valence-corrected chi connectivity index (χ0v) is 12.0. The van der Waals surface area contributed by atoms with Crippen molar-refractivity contribution < 1.29 is 4.79 Å². The molecule has 1 amide bonds. The van der Waals surface area contributed by atoms with Crippen molar-refractivity contribution in [1.82, 2.24) is 20.3 Å². The van der Waals surface area contributed by atoms with E-state index < -0.39 is 0 Å². The Bertz CT molecular complexity index is 596. The van der Waals surface area contributed by atoms with Gasteiger partial charge in [0.1, 0.15) is 5.69 Å². The van der Waals surface area contributed by atoms with Crippen LogP contribution in [0.25, 0.3) is 5.69 Å². The van der Waals surface area contributed by atoms with Crippen LogP contribution in [0.2, 0.25) is 0 Å². The zero-order valence-electron chi connectivity index (χ0n) is 10.4. The first-order valence-corrected chi connectivity index (χ1v) is 6.54. The van der Waals surface area contributed by atoms with Crippen molar-refractivity contribution in [3.63, 3.8) is 0 Å². The highest BCUT2D eigenvalue weighted by molar-refractivity contribution is 9.10. The van der Waals surface area contributed by atoms with Gasteiger partial charge in [0.25, 0.3) is 0 Å². The predicted octanol–water partition coefficient (Wildman–Crippen LogP) is 0.913. The van der Waals surface area contributed by atoms with Crippen molar-refractivity contribution >= 4 is 21.8 Å². The fourth-order valence-electron chi connectivity index (χ4n) is 1.54. The van der Waals surface area contributed by atoms with E-state index >= 15 is 0 Å². The fraction of sp³-hybridized carbons (Fsp3) is 0.250. The van der Waals surface area contributed by atoms with Crippen LogP contribution in [0.5, 0.6) is 0 Å². The first-order valence-electron chi connectivity index (χ1n) is 5.74. The number of hydrogen-bond donors (Lipinski definition) is 2. The highest BCUT2D eigenvalue weighted by Crippen LogP contribution is 2.19. The summed E-state index contributed by atoms with van der Waals surface area (Å²) in [6.45, 7) is 2.30. The van der Waals surface area contributed by atoms with Gasteiger partial charge in [-0.3, -0.25) is 4.79 Å². The number of nitrogens with one attached hydrogen (secondary N) is 1. The van der Waals surface area contributed by atoms with Crippen molar-refractivity contribution in [3.05, 3.63) is 40.1 Å². The van der Waals surface area contributed by atoms with Gasteiger partial charge in [0, 0.05) is 4.47 Å². The molecule has 1 aromatic heterocycles. The summed E-state index contributed by atoms with van der Waals surface area (Å²) in [7, 11) is 0. The SMILES string of the molecule is Cc1cc(-n2cc(CNC(=O)CN)nn2)ccc1Br. The van der Waals surface area contributed by atoms with E-state index in [1.807, 2.05) is 25.1 Å². The van der Waals surface area contributed by atoms with Crippen molar-refractivity contribution in [2.45, 2.75) is 13.5 Å².